The van der Waals surface area contributed by atoms with Crippen LogP contribution in [0.25, 0.3) is 0 Å². The number of nitrogens with zero attached hydrogens (tertiary/aromatic N) is 1. The Balaban J connectivity index is 1.49. The van der Waals surface area contributed by atoms with Crippen molar-refractivity contribution in [1.82, 2.24) is 10.2 Å². The number of alkyl carbamates (subject to hydrolysis) is 1. The van der Waals surface area contributed by atoms with Crippen LogP contribution in [0.3, 0.4) is 0 Å². The molecule has 34 heavy (non-hydrogen) atoms. The number of fused-ring (bicyclic) bond motifs is 1. The van der Waals surface area contributed by atoms with Crippen molar-refractivity contribution in [1.29, 1.82) is 0 Å². The number of hydrogen-bond donors (Lipinski definition) is 2. The monoisotopic (exact) mass is 470 g/mol. The maximum Gasteiger partial charge on any atom is 0.409 e. The van der Waals surface area contributed by atoms with Gasteiger partial charge in [0, 0.05) is 13.0 Å². The molecule has 2 aliphatic heterocycles. The Hall–Kier alpha value is -2.97. The highest BCUT2D eigenvalue weighted by Gasteiger charge is 2.42. The Labute approximate surface area is 198 Å². The zero-order chi connectivity index (χ0) is 24.5. The average molecular weight is 471 g/mol. The predicted octanol–water partition coefficient (Wildman–Crippen LogP) is 3.69. The van der Waals surface area contributed by atoms with Crippen molar-refractivity contribution in [2.24, 2.45) is 0 Å². The maximum absolute atomic E-state index is 13.6. The van der Waals surface area contributed by atoms with Crippen LogP contribution >= 0.6 is 0 Å². The van der Waals surface area contributed by atoms with Crippen LogP contribution in [0, 0.1) is 5.82 Å². The van der Waals surface area contributed by atoms with Gasteiger partial charge >= 0.3 is 6.09 Å². The number of nitrogens with one attached hydrogen (secondary N) is 1. The normalized spacial score (nSPS) is 24.8. The van der Waals surface area contributed by atoms with Gasteiger partial charge in [-0.3, -0.25) is 10.1 Å². The molecule has 2 amide bonds. The molecule has 4 rings (SSSR count). The minimum atomic E-state index is -1.61. The predicted molar refractivity (Wildman–Crippen MR) is 123 cm³/mol. The second-order valence-electron chi connectivity index (χ2n) is 9.93. The molecule has 0 bridgehead atoms. The van der Waals surface area contributed by atoms with Gasteiger partial charge in [0.2, 0.25) is 0 Å². The van der Waals surface area contributed by atoms with Crippen LogP contribution in [0.4, 0.5) is 9.18 Å². The van der Waals surface area contributed by atoms with Crippen molar-refractivity contribution in [3.8, 4) is 0 Å². The fraction of sp³-hybridized carbons (Fsp3) is 0.462. The van der Waals surface area contributed by atoms with Crippen molar-refractivity contribution in [2.75, 3.05) is 13.2 Å². The van der Waals surface area contributed by atoms with E-state index in [1.807, 2.05) is 24.3 Å². The Kier molecular flexibility index (Phi) is 6.64. The molecule has 0 spiro atoms. The van der Waals surface area contributed by atoms with E-state index in [2.05, 4.69) is 5.32 Å². The Bertz CT molecular complexity index is 1040. The third kappa shape index (κ3) is 5.39. The Morgan fingerprint density at radius 2 is 1.88 bits per heavy atom. The van der Waals surface area contributed by atoms with Gasteiger partial charge < -0.3 is 19.5 Å². The van der Waals surface area contributed by atoms with Crippen molar-refractivity contribution in [3.63, 3.8) is 0 Å². The van der Waals surface area contributed by atoms with Crippen molar-refractivity contribution < 1.29 is 28.6 Å². The number of hydrogen-bond acceptors (Lipinski definition) is 5. The van der Waals surface area contributed by atoms with Crippen LogP contribution in [-0.4, -0.2) is 52.6 Å². The molecule has 2 N–H and O–H groups in total. The molecule has 0 aromatic heterocycles. The highest BCUT2D eigenvalue weighted by molar-refractivity contribution is 5.82. The fourth-order valence-corrected chi connectivity index (χ4v) is 4.54. The third-order valence-electron chi connectivity index (χ3n) is 6.10. The van der Waals surface area contributed by atoms with Crippen LogP contribution < -0.4 is 5.32 Å². The number of benzene rings is 2. The summed E-state index contributed by atoms with van der Waals surface area (Å²) in [6, 6.07) is 13.8. The molecular weight excluding hydrogens is 439 g/mol. The quantitative estimate of drug-likeness (QED) is 0.668. The molecule has 0 saturated carbocycles. The van der Waals surface area contributed by atoms with Gasteiger partial charge in [0.15, 0.2) is 5.72 Å². The van der Waals surface area contributed by atoms with E-state index in [9.17, 15) is 19.1 Å². The summed E-state index contributed by atoms with van der Waals surface area (Å²) in [4.78, 5) is 27.4. The number of amides is 2. The molecule has 0 unspecified atom stereocenters. The second kappa shape index (κ2) is 9.35. The SMILES string of the molecule is CC(C)(C)OC(=O)N[C@@]1(O)CC[C@H](C(=O)N2CCc3ccccc3[C@@H]2c2ccc(F)cc2)OC1. The number of carbonyl (C=O) groups is 2. The number of halogens is 1. The summed E-state index contributed by atoms with van der Waals surface area (Å²) in [6.07, 6.45) is -0.411. The standard InChI is InChI=1S/C26H31FN2O5/c1-25(2,3)34-24(31)28-26(32)14-12-21(33-16-26)23(30)29-15-13-17-6-4-5-7-20(17)22(29)18-8-10-19(27)11-9-18/h4-11,21-22,32H,12-16H2,1-3H3,(H,28,31)/t21-,22+,26-/m1/s1. The molecule has 2 aromatic carbocycles. The van der Waals surface area contributed by atoms with Gasteiger partial charge in [0.1, 0.15) is 17.5 Å². The molecular formula is C26H31FN2O5. The number of rotatable bonds is 3. The molecule has 7 nitrogen and oxygen atoms in total. The lowest BCUT2D eigenvalue weighted by molar-refractivity contribution is -0.167. The Morgan fingerprint density at radius 3 is 2.53 bits per heavy atom. The van der Waals surface area contributed by atoms with Crippen molar-refractivity contribution >= 4 is 12.0 Å². The summed E-state index contributed by atoms with van der Waals surface area (Å²) >= 11 is 0. The van der Waals surface area contributed by atoms with Crippen molar-refractivity contribution in [3.05, 3.63) is 71.0 Å². The van der Waals surface area contributed by atoms with Crippen molar-refractivity contribution in [2.45, 2.75) is 63.5 Å². The van der Waals surface area contributed by atoms with Crippen LogP contribution in [0.15, 0.2) is 48.5 Å². The topological polar surface area (TPSA) is 88.1 Å². The van der Waals surface area contributed by atoms with E-state index in [1.54, 1.807) is 37.8 Å². The van der Waals surface area contributed by atoms with E-state index in [1.165, 1.54) is 12.1 Å². The summed E-state index contributed by atoms with van der Waals surface area (Å²) in [5.41, 5.74) is 0.674. The summed E-state index contributed by atoms with van der Waals surface area (Å²) in [5, 5.41) is 13.2. The summed E-state index contributed by atoms with van der Waals surface area (Å²) in [6.45, 7) is 5.47. The second-order valence-corrected chi connectivity index (χ2v) is 9.93. The molecule has 0 radical (unpaired) electrons. The molecule has 1 saturated heterocycles. The van der Waals surface area contributed by atoms with Gasteiger partial charge in [-0.1, -0.05) is 36.4 Å². The first-order chi connectivity index (χ1) is 16.0. The minimum absolute atomic E-state index is 0.147. The minimum Gasteiger partial charge on any atom is -0.444 e. The van der Waals surface area contributed by atoms with Crippen LogP contribution in [0.1, 0.15) is 56.3 Å². The summed E-state index contributed by atoms with van der Waals surface area (Å²) in [7, 11) is 0. The van der Waals surface area contributed by atoms with E-state index in [0.717, 1.165) is 16.7 Å². The van der Waals surface area contributed by atoms with E-state index < -0.39 is 23.5 Å². The summed E-state index contributed by atoms with van der Waals surface area (Å²) < 4.78 is 24.6. The number of carbonyl (C=O) groups excluding carboxylic acids is 2. The Morgan fingerprint density at radius 1 is 1.18 bits per heavy atom. The van der Waals surface area contributed by atoms with E-state index in [-0.39, 0.29) is 37.2 Å². The van der Waals surface area contributed by atoms with E-state index >= 15 is 0 Å². The van der Waals surface area contributed by atoms with Crippen LogP contribution in [0.2, 0.25) is 0 Å². The lowest BCUT2D eigenvalue weighted by atomic mass is 9.87. The van der Waals surface area contributed by atoms with Gasteiger partial charge in [-0.2, -0.15) is 0 Å². The van der Waals surface area contributed by atoms with Gasteiger partial charge in [0.05, 0.1) is 12.6 Å². The maximum atomic E-state index is 13.6. The molecule has 2 heterocycles. The molecule has 0 aliphatic carbocycles. The number of ether oxygens (including phenoxy) is 2. The molecule has 2 aromatic rings. The van der Waals surface area contributed by atoms with Gasteiger partial charge in [0.25, 0.3) is 5.91 Å². The van der Waals surface area contributed by atoms with Gasteiger partial charge in [-0.25, -0.2) is 9.18 Å². The van der Waals surface area contributed by atoms with Gasteiger partial charge in [-0.05, 0) is 62.4 Å². The molecule has 1 fully saturated rings. The van der Waals surface area contributed by atoms with Crippen LogP contribution in [0.5, 0.6) is 0 Å². The zero-order valence-electron chi connectivity index (χ0n) is 19.7. The molecule has 182 valence electrons. The largest absolute Gasteiger partial charge is 0.444 e. The molecule has 8 heteroatoms. The first-order valence-corrected chi connectivity index (χ1v) is 11.5. The third-order valence-corrected chi connectivity index (χ3v) is 6.10. The van der Waals surface area contributed by atoms with Crippen LogP contribution in [-0.2, 0) is 20.7 Å². The number of aliphatic hydroxyl groups is 1. The van der Waals surface area contributed by atoms with E-state index in [0.29, 0.717) is 13.0 Å². The molecule has 3 atom stereocenters. The highest BCUT2D eigenvalue weighted by atomic mass is 19.1. The first-order valence-electron chi connectivity index (χ1n) is 11.5. The lowest BCUT2D eigenvalue weighted by Gasteiger charge is -2.42. The van der Waals surface area contributed by atoms with E-state index in [4.69, 9.17) is 9.47 Å². The molecule has 2 aliphatic rings. The average Bonchev–Trinajstić information content (AvgIpc) is 2.77. The smallest absolute Gasteiger partial charge is 0.409 e. The fourth-order valence-electron chi connectivity index (χ4n) is 4.54. The first kappa shape index (κ1) is 24.2. The summed E-state index contributed by atoms with van der Waals surface area (Å²) in [5.74, 6) is -0.527. The van der Waals surface area contributed by atoms with Gasteiger partial charge in [-0.15, -0.1) is 0 Å². The zero-order valence-corrected chi connectivity index (χ0v) is 19.7. The lowest BCUT2D eigenvalue weighted by Crippen LogP contribution is -2.58. The highest BCUT2D eigenvalue weighted by Crippen LogP contribution is 2.36.